The molecule has 1 fully saturated rings. The number of furan rings is 1. The van der Waals surface area contributed by atoms with Crippen molar-refractivity contribution in [1.82, 2.24) is 15.5 Å². The van der Waals surface area contributed by atoms with E-state index in [1.807, 2.05) is 19.1 Å². The zero-order chi connectivity index (χ0) is 19.8. The van der Waals surface area contributed by atoms with E-state index >= 15 is 0 Å². The summed E-state index contributed by atoms with van der Waals surface area (Å²) in [7, 11) is 0. The Kier molecular flexibility index (Phi) is 7.03. The lowest BCUT2D eigenvalue weighted by atomic mass is 10.1. The Bertz CT molecular complexity index is 804. The predicted molar refractivity (Wildman–Crippen MR) is 109 cm³/mol. The number of amides is 2. The minimum atomic E-state index is -0.329. The van der Waals surface area contributed by atoms with Crippen molar-refractivity contribution >= 4 is 17.9 Å². The van der Waals surface area contributed by atoms with Gasteiger partial charge in [-0.3, -0.25) is 9.59 Å². The molecule has 6 nitrogen and oxygen atoms in total. The number of likely N-dealkylation sites (tertiary alicyclic amines) is 1. The molecule has 2 amide bonds. The maximum atomic E-state index is 12.6. The molecule has 2 heterocycles. The van der Waals surface area contributed by atoms with Crippen LogP contribution in [0.15, 0.2) is 52.8 Å². The molecule has 1 aromatic heterocycles. The standard InChI is InChI=1S/C22H27N3O3/c1-17-7-9-18(10-8-17)21(26)24-20(16-19-6-4-15-28-19)22(27)23-11-5-14-25-12-2-3-13-25/h4,6-10,15-16H,2-3,5,11-14H2,1H3,(H,23,27)(H,24,26)/b20-16-. The Labute approximate surface area is 165 Å². The van der Waals surface area contributed by atoms with E-state index in [1.165, 1.54) is 19.1 Å². The molecule has 0 radical (unpaired) electrons. The molecule has 1 saturated heterocycles. The van der Waals surface area contributed by atoms with Gasteiger partial charge in [0, 0.05) is 18.2 Å². The van der Waals surface area contributed by atoms with Gasteiger partial charge in [-0.2, -0.15) is 0 Å². The zero-order valence-electron chi connectivity index (χ0n) is 16.2. The highest BCUT2D eigenvalue weighted by atomic mass is 16.3. The van der Waals surface area contributed by atoms with Gasteiger partial charge in [0.05, 0.1) is 6.26 Å². The highest BCUT2D eigenvalue weighted by molar-refractivity contribution is 6.05. The van der Waals surface area contributed by atoms with Crippen LogP contribution in [0.5, 0.6) is 0 Å². The molecule has 148 valence electrons. The fraction of sp³-hybridized carbons (Fsp3) is 0.364. The first-order chi connectivity index (χ1) is 13.6. The van der Waals surface area contributed by atoms with Crippen LogP contribution in [0.1, 0.15) is 40.9 Å². The molecule has 6 heteroatoms. The number of hydrogen-bond acceptors (Lipinski definition) is 4. The second-order valence-electron chi connectivity index (χ2n) is 7.05. The van der Waals surface area contributed by atoms with Crippen molar-refractivity contribution in [3.05, 3.63) is 65.2 Å². The van der Waals surface area contributed by atoms with E-state index in [9.17, 15) is 9.59 Å². The molecule has 0 bridgehead atoms. The molecule has 0 atom stereocenters. The number of rotatable bonds is 8. The molecule has 1 aromatic carbocycles. The first-order valence-electron chi connectivity index (χ1n) is 9.75. The topological polar surface area (TPSA) is 74.6 Å². The fourth-order valence-electron chi connectivity index (χ4n) is 3.18. The monoisotopic (exact) mass is 381 g/mol. The van der Waals surface area contributed by atoms with Gasteiger partial charge in [-0.15, -0.1) is 0 Å². The molecule has 0 spiro atoms. The molecule has 1 aliphatic rings. The van der Waals surface area contributed by atoms with Crippen molar-refractivity contribution in [2.24, 2.45) is 0 Å². The Hall–Kier alpha value is -2.86. The molecule has 0 unspecified atom stereocenters. The molecular formula is C22H27N3O3. The summed E-state index contributed by atoms with van der Waals surface area (Å²) in [5.41, 5.74) is 1.73. The van der Waals surface area contributed by atoms with E-state index in [1.54, 1.807) is 30.3 Å². The van der Waals surface area contributed by atoms with Gasteiger partial charge in [0.1, 0.15) is 11.5 Å². The summed E-state index contributed by atoms with van der Waals surface area (Å²) in [6.07, 6.45) is 6.47. The SMILES string of the molecule is Cc1ccc(C(=O)N/C(=C\c2ccco2)C(=O)NCCCN2CCCC2)cc1. The van der Waals surface area contributed by atoms with E-state index < -0.39 is 0 Å². The van der Waals surface area contributed by atoms with E-state index in [-0.39, 0.29) is 17.5 Å². The van der Waals surface area contributed by atoms with Crippen LogP contribution in [0.3, 0.4) is 0 Å². The fourth-order valence-corrected chi connectivity index (χ4v) is 3.18. The van der Waals surface area contributed by atoms with E-state index in [2.05, 4.69) is 15.5 Å². The lowest BCUT2D eigenvalue weighted by Crippen LogP contribution is -2.36. The average molecular weight is 381 g/mol. The zero-order valence-corrected chi connectivity index (χ0v) is 16.2. The maximum absolute atomic E-state index is 12.6. The summed E-state index contributed by atoms with van der Waals surface area (Å²) < 4.78 is 5.30. The van der Waals surface area contributed by atoms with Crippen LogP contribution in [0, 0.1) is 6.92 Å². The van der Waals surface area contributed by atoms with Crippen LogP contribution in [0.25, 0.3) is 6.08 Å². The Morgan fingerprint density at radius 3 is 2.57 bits per heavy atom. The second-order valence-corrected chi connectivity index (χ2v) is 7.05. The number of nitrogens with zero attached hydrogens (tertiary/aromatic N) is 1. The number of carbonyl (C=O) groups is 2. The summed E-state index contributed by atoms with van der Waals surface area (Å²) in [5.74, 6) is -0.144. The molecule has 3 rings (SSSR count). The third-order valence-electron chi connectivity index (χ3n) is 4.77. The molecule has 0 saturated carbocycles. The minimum Gasteiger partial charge on any atom is -0.465 e. The molecule has 2 aromatic rings. The predicted octanol–water partition coefficient (Wildman–Crippen LogP) is 2.96. The van der Waals surface area contributed by atoms with E-state index in [0.717, 1.165) is 31.6 Å². The third kappa shape index (κ3) is 5.82. The Morgan fingerprint density at radius 1 is 1.14 bits per heavy atom. The number of nitrogens with one attached hydrogen (secondary N) is 2. The first kappa shape index (κ1) is 19.9. The number of carbonyl (C=O) groups excluding carboxylic acids is 2. The number of benzene rings is 1. The van der Waals surface area contributed by atoms with Gasteiger partial charge in [0.15, 0.2) is 0 Å². The smallest absolute Gasteiger partial charge is 0.267 e. The maximum Gasteiger partial charge on any atom is 0.267 e. The van der Waals surface area contributed by atoms with Gasteiger partial charge in [-0.05, 0) is 70.1 Å². The van der Waals surface area contributed by atoms with Crippen LogP contribution in [-0.2, 0) is 4.79 Å². The normalized spacial score (nSPS) is 14.8. The van der Waals surface area contributed by atoms with Gasteiger partial charge in [-0.1, -0.05) is 17.7 Å². The van der Waals surface area contributed by atoms with E-state index in [4.69, 9.17) is 4.42 Å². The van der Waals surface area contributed by atoms with Crippen LogP contribution < -0.4 is 10.6 Å². The van der Waals surface area contributed by atoms with Crippen molar-refractivity contribution < 1.29 is 14.0 Å². The van der Waals surface area contributed by atoms with Gasteiger partial charge in [-0.25, -0.2) is 0 Å². The van der Waals surface area contributed by atoms with Crippen LogP contribution in [0.4, 0.5) is 0 Å². The largest absolute Gasteiger partial charge is 0.465 e. The third-order valence-corrected chi connectivity index (χ3v) is 4.77. The number of aryl methyl sites for hydroxylation is 1. The highest BCUT2D eigenvalue weighted by Crippen LogP contribution is 2.09. The Morgan fingerprint density at radius 2 is 1.89 bits per heavy atom. The average Bonchev–Trinajstić information content (AvgIpc) is 3.39. The molecule has 2 N–H and O–H groups in total. The summed E-state index contributed by atoms with van der Waals surface area (Å²) in [6.45, 7) is 5.78. The van der Waals surface area contributed by atoms with Crippen molar-refractivity contribution in [2.45, 2.75) is 26.2 Å². The highest BCUT2D eigenvalue weighted by Gasteiger charge is 2.16. The van der Waals surface area contributed by atoms with Gasteiger partial charge >= 0.3 is 0 Å². The van der Waals surface area contributed by atoms with Gasteiger partial charge in [0.25, 0.3) is 11.8 Å². The lowest BCUT2D eigenvalue weighted by Gasteiger charge is -2.15. The summed E-state index contributed by atoms with van der Waals surface area (Å²) >= 11 is 0. The van der Waals surface area contributed by atoms with Crippen molar-refractivity contribution in [3.63, 3.8) is 0 Å². The van der Waals surface area contributed by atoms with Gasteiger partial charge in [0.2, 0.25) is 0 Å². The van der Waals surface area contributed by atoms with Crippen LogP contribution >= 0.6 is 0 Å². The molecule has 28 heavy (non-hydrogen) atoms. The van der Waals surface area contributed by atoms with Gasteiger partial charge < -0.3 is 20.0 Å². The first-order valence-corrected chi connectivity index (χ1v) is 9.75. The van der Waals surface area contributed by atoms with Crippen molar-refractivity contribution in [3.8, 4) is 0 Å². The van der Waals surface area contributed by atoms with E-state index in [0.29, 0.717) is 17.9 Å². The molecule has 0 aliphatic carbocycles. The van der Waals surface area contributed by atoms with Crippen LogP contribution in [0.2, 0.25) is 0 Å². The summed E-state index contributed by atoms with van der Waals surface area (Å²) in [4.78, 5) is 27.6. The molecular weight excluding hydrogens is 354 g/mol. The van der Waals surface area contributed by atoms with Crippen molar-refractivity contribution in [1.29, 1.82) is 0 Å². The second kappa shape index (κ2) is 9.90. The lowest BCUT2D eigenvalue weighted by molar-refractivity contribution is -0.117. The minimum absolute atomic E-state index is 0.168. The molecule has 1 aliphatic heterocycles. The summed E-state index contributed by atoms with van der Waals surface area (Å²) in [5, 5.41) is 5.61. The summed E-state index contributed by atoms with van der Waals surface area (Å²) in [6, 6.07) is 10.7. The quantitative estimate of drug-likeness (QED) is 0.545. The van der Waals surface area contributed by atoms with Crippen LogP contribution in [-0.4, -0.2) is 42.9 Å². The number of hydrogen-bond donors (Lipinski definition) is 2. The Balaban J connectivity index is 1.60. The van der Waals surface area contributed by atoms with Crippen molar-refractivity contribution in [2.75, 3.05) is 26.2 Å².